The molecule has 1 heterocycles. The Morgan fingerprint density at radius 3 is 2.10 bits per heavy atom. The predicted molar refractivity (Wildman–Crippen MR) is 92.3 cm³/mol. The predicted octanol–water partition coefficient (Wildman–Crippen LogP) is 4.78. The quantitative estimate of drug-likeness (QED) is 0.758. The smallest absolute Gasteiger partial charge is 0.258 e. The number of aromatic nitrogens is 1. The van der Waals surface area contributed by atoms with Crippen molar-refractivity contribution < 1.29 is 4.79 Å². The van der Waals surface area contributed by atoms with E-state index in [1.54, 1.807) is 6.07 Å². The van der Waals surface area contributed by atoms with Gasteiger partial charge in [-0.1, -0.05) is 55.4 Å². The maximum absolute atomic E-state index is 11.4. The third-order valence-electron chi connectivity index (χ3n) is 3.09. The van der Waals surface area contributed by atoms with Crippen molar-refractivity contribution in [3.8, 4) is 0 Å². The van der Waals surface area contributed by atoms with E-state index < -0.39 is 0 Å². The van der Waals surface area contributed by atoms with E-state index in [0.29, 0.717) is 6.29 Å². The highest BCUT2D eigenvalue weighted by molar-refractivity contribution is 5.74. The second-order valence-electron chi connectivity index (χ2n) is 5.02. The minimum Gasteiger partial charge on any atom is -0.325 e. The van der Waals surface area contributed by atoms with Gasteiger partial charge in [0.05, 0.1) is 5.56 Å². The van der Waals surface area contributed by atoms with E-state index in [1.807, 2.05) is 41.5 Å². The number of aromatic amines is 1. The number of aryl methyl sites for hydroxylation is 1. The van der Waals surface area contributed by atoms with E-state index in [0.717, 1.165) is 30.5 Å². The molecule has 122 valence electrons. The van der Waals surface area contributed by atoms with Crippen molar-refractivity contribution in [1.29, 1.82) is 0 Å². The van der Waals surface area contributed by atoms with Gasteiger partial charge >= 0.3 is 0 Å². The normalized spacial score (nSPS) is 13.9. The van der Waals surface area contributed by atoms with Crippen LogP contribution in [0.1, 0.15) is 83.4 Å². The third-order valence-corrected chi connectivity index (χ3v) is 3.09. The monoisotopic (exact) mass is 295 g/mol. The van der Waals surface area contributed by atoms with E-state index in [1.165, 1.54) is 0 Å². The number of rotatable bonds is 1. The van der Waals surface area contributed by atoms with Crippen LogP contribution in [0.2, 0.25) is 0 Å². The molecule has 1 N–H and O–H groups in total. The van der Waals surface area contributed by atoms with Gasteiger partial charge in [0, 0.05) is 5.69 Å². The molecular formula is C18H33NO2. The molecule has 0 bridgehead atoms. The minimum absolute atomic E-state index is 0.242. The van der Waals surface area contributed by atoms with Gasteiger partial charge < -0.3 is 4.98 Å². The molecule has 0 amide bonds. The number of hydrogen-bond acceptors (Lipinski definition) is 2. The Morgan fingerprint density at radius 1 is 1.10 bits per heavy atom. The summed E-state index contributed by atoms with van der Waals surface area (Å²) in [6.07, 6.45) is 3.54. The summed E-state index contributed by atoms with van der Waals surface area (Å²) in [5.41, 5.74) is 2.37. The largest absolute Gasteiger partial charge is 0.325 e. The second-order valence-corrected chi connectivity index (χ2v) is 5.02. The Morgan fingerprint density at radius 2 is 1.62 bits per heavy atom. The topological polar surface area (TPSA) is 49.9 Å². The lowest BCUT2D eigenvalue weighted by molar-refractivity contribution is 0.112. The number of hydrogen-bond donors (Lipinski definition) is 1. The van der Waals surface area contributed by atoms with Crippen molar-refractivity contribution in [3.05, 3.63) is 33.2 Å². The standard InChI is InChI=1S/C12H15NO2.3C2H6/c1-12(2)4-3-10-8(6-12)5-9(7-14)11(15)13-10;3*1-2/h5,7H,3-4,6H2,1-2H3,(H,13,15);3*1-2H3. The van der Waals surface area contributed by atoms with Crippen LogP contribution in [0.25, 0.3) is 0 Å². The number of pyridine rings is 1. The van der Waals surface area contributed by atoms with Crippen molar-refractivity contribution in [2.75, 3.05) is 0 Å². The fourth-order valence-corrected chi connectivity index (χ4v) is 2.17. The van der Waals surface area contributed by atoms with Gasteiger partial charge in [0.2, 0.25) is 0 Å². The molecular weight excluding hydrogens is 262 g/mol. The molecule has 0 radical (unpaired) electrons. The molecule has 0 aliphatic heterocycles. The van der Waals surface area contributed by atoms with E-state index >= 15 is 0 Å². The van der Waals surface area contributed by atoms with Gasteiger partial charge in [0.1, 0.15) is 0 Å². The fraction of sp³-hybridized carbons (Fsp3) is 0.667. The summed E-state index contributed by atoms with van der Waals surface area (Å²) < 4.78 is 0. The van der Waals surface area contributed by atoms with Gasteiger partial charge in [0.25, 0.3) is 5.56 Å². The van der Waals surface area contributed by atoms with Crippen molar-refractivity contribution in [2.24, 2.45) is 5.41 Å². The van der Waals surface area contributed by atoms with Crippen LogP contribution in [0.5, 0.6) is 0 Å². The van der Waals surface area contributed by atoms with Gasteiger partial charge in [0.15, 0.2) is 6.29 Å². The molecule has 1 aliphatic carbocycles. The fourth-order valence-electron chi connectivity index (χ4n) is 2.17. The number of aldehydes is 1. The van der Waals surface area contributed by atoms with E-state index in [4.69, 9.17) is 0 Å². The third kappa shape index (κ3) is 6.74. The number of carbonyl (C=O) groups is 1. The highest BCUT2D eigenvalue weighted by Crippen LogP contribution is 2.33. The Hall–Kier alpha value is -1.38. The van der Waals surface area contributed by atoms with Crippen LogP contribution in [-0.2, 0) is 12.8 Å². The van der Waals surface area contributed by atoms with Crippen LogP contribution in [0.4, 0.5) is 0 Å². The maximum atomic E-state index is 11.4. The van der Waals surface area contributed by atoms with E-state index in [-0.39, 0.29) is 16.5 Å². The summed E-state index contributed by atoms with van der Waals surface area (Å²) in [7, 11) is 0. The Balaban J connectivity index is 0. The summed E-state index contributed by atoms with van der Waals surface area (Å²) in [4.78, 5) is 24.8. The lowest BCUT2D eigenvalue weighted by atomic mass is 9.76. The minimum atomic E-state index is -0.261. The van der Waals surface area contributed by atoms with Gasteiger partial charge in [-0.3, -0.25) is 9.59 Å². The first-order chi connectivity index (χ1) is 10.0. The summed E-state index contributed by atoms with van der Waals surface area (Å²) >= 11 is 0. The Labute approximate surface area is 130 Å². The summed E-state index contributed by atoms with van der Waals surface area (Å²) in [5.74, 6) is 0. The summed E-state index contributed by atoms with van der Waals surface area (Å²) in [6, 6.07) is 1.74. The highest BCUT2D eigenvalue weighted by atomic mass is 16.1. The number of fused-ring (bicyclic) bond motifs is 1. The molecule has 21 heavy (non-hydrogen) atoms. The molecule has 0 saturated heterocycles. The van der Waals surface area contributed by atoms with Crippen molar-refractivity contribution in [1.82, 2.24) is 4.98 Å². The van der Waals surface area contributed by atoms with E-state index in [2.05, 4.69) is 18.8 Å². The highest BCUT2D eigenvalue weighted by Gasteiger charge is 2.26. The van der Waals surface area contributed by atoms with E-state index in [9.17, 15) is 9.59 Å². The maximum Gasteiger partial charge on any atom is 0.258 e. The molecule has 1 aromatic rings. The zero-order chi connectivity index (χ0) is 17.1. The molecule has 0 spiro atoms. The van der Waals surface area contributed by atoms with Crippen LogP contribution < -0.4 is 5.56 Å². The van der Waals surface area contributed by atoms with Gasteiger partial charge in [-0.2, -0.15) is 0 Å². The van der Waals surface area contributed by atoms with Crippen LogP contribution in [0.15, 0.2) is 10.9 Å². The van der Waals surface area contributed by atoms with Crippen molar-refractivity contribution in [3.63, 3.8) is 0 Å². The first kappa shape index (κ1) is 21.9. The Bertz CT molecular complexity index is 459. The molecule has 1 aromatic heterocycles. The number of nitrogens with one attached hydrogen (secondary N) is 1. The Kier molecular flexibility index (Phi) is 11.8. The second kappa shape index (κ2) is 11.3. The van der Waals surface area contributed by atoms with Crippen LogP contribution in [-0.4, -0.2) is 11.3 Å². The van der Waals surface area contributed by atoms with Crippen LogP contribution in [0, 0.1) is 5.41 Å². The lowest BCUT2D eigenvalue weighted by Crippen LogP contribution is -2.26. The van der Waals surface area contributed by atoms with Gasteiger partial charge in [-0.25, -0.2) is 0 Å². The van der Waals surface area contributed by atoms with Crippen LogP contribution in [0.3, 0.4) is 0 Å². The zero-order valence-electron chi connectivity index (χ0n) is 15.1. The molecule has 0 atom stereocenters. The molecule has 3 heteroatoms. The van der Waals surface area contributed by atoms with Gasteiger partial charge in [-0.05, 0) is 36.3 Å². The molecule has 0 unspecified atom stereocenters. The molecule has 0 aromatic carbocycles. The molecule has 0 saturated carbocycles. The molecule has 3 nitrogen and oxygen atoms in total. The molecule has 1 aliphatic rings. The average molecular weight is 295 g/mol. The summed E-state index contributed by atoms with van der Waals surface area (Å²) in [5, 5.41) is 0. The summed E-state index contributed by atoms with van der Waals surface area (Å²) in [6.45, 7) is 16.4. The zero-order valence-corrected chi connectivity index (χ0v) is 15.1. The SMILES string of the molecule is CC.CC.CC.CC1(C)CCc2[nH]c(=O)c(C=O)cc2C1. The average Bonchev–Trinajstić information content (AvgIpc) is 2.52. The number of carbonyl (C=O) groups excluding carboxylic acids is 1. The van der Waals surface area contributed by atoms with Crippen molar-refractivity contribution in [2.45, 2.75) is 74.7 Å². The van der Waals surface area contributed by atoms with Gasteiger partial charge in [-0.15, -0.1) is 0 Å². The van der Waals surface area contributed by atoms with Crippen LogP contribution >= 0.6 is 0 Å². The first-order valence-electron chi connectivity index (χ1n) is 8.22. The van der Waals surface area contributed by atoms with Crippen molar-refractivity contribution >= 4 is 6.29 Å². The first-order valence-corrected chi connectivity index (χ1v) is 8.22. The number of H-pyrrole nitrogens is 1. The molecule has 0 fully saturated rings. The molecule has 2 rings (SSSR count). The lowest BCUT2D eigenvalue weighted by Gasteiger charge is -2.30.